The number of benzene rings is 2. The number of para-hydroxylation sites is 1. The maximum atomic E-state index is 12.3. The molecule has 12 nitrogen and oxygen atoms in total. The van der Waals surface area contributed by atoms with Crippen LogP contribution in [0.3, 0.4) is 0 Å². The number of nitro groups is 1. The Bertz CT molecular complexity index is 1530. The van der Waals surface area contributed by atoms with Crippen molar-refractivity contribution in [3.05, 3.63) is 65.0 Å². The standard InChI is InChI=1S/C28H33N7O5/c1-28(2,3)40-27(36)34(5)14-13-33(4)23-16-25(39-6)22(15-24(23)35(37)38)32-26-29-12-11-21(31-26)19-17-30-20-10-8-7-9-18(19)20/h7-12,15-17,30H,13-14H2,1-6H3,(H,29,31,32). The van der Waals surface area contributed by atoms with Gasteiger partial charge in [0.25, 0.3) is 5.69 Å². The highest BCUT2D eigenvalue weighted by Gasteiger charge is 2.24. The maximum Gasteiger partial charge on any atom is 0.410 e. The number of nitrogens with zero attached hydrogens (tertiary/aromatic N) is 5. The summed E-state index contributed by atoms with van der Waals surface area (Å²) in [6.07, 6.45) is 3.03. The van der Waals surface area contributed by atoms with Gasteiger partial charge in [-0.1, -0.05) is 18.2 Å². The molecule has 0 saturated heterocycles. The molecule has 0 unspecified atom stereocenters. The molecule has 2 aromatic carbocycles. The highest BCUT2D eigenvalue weighted by Crippen LogP contribution is 2.39. The Balaban J connectivity index is 1.57. The molecule has 2 aromatic heterocycles. The third kappa shape index (κ3) is 6.40. The van der Waals surface area contributed by atoms with Crippen molar-refractivity contribution in [1.29, 1.82) is 0 Å². The third-order valence-electron chi connectivity index (χ3n) is 6.15. The number of aromatic nitrogens is 3. The first-order valence-corrected chi connectivity index (χ1v) is 12.6. The number of likely N-dealkylation sites (N-methyl/N-ethyl adjacent to an activating group) is 2. The normalized spacial score (nSPS) is 11.2. The van der Waals surface area contributed by atoms with E-state index in [2.05, 4.69) is 20.3 Å². The van der Waals surface area contributed by atoms with E-state index in [9.17, 15) is 14.9 Å². The van der Waals surface area contributed by atoms with Crippen LogP contribution in [-0.2, 0) is 4.74 Å². The highest BCUT2D eigenvalue weighted by molar-refractivity contribution is 5.94. The summed E-state index contributed by atoms with van der Waals surface area (Å²) in [5, 5.41) is 16.1. The van der Waals surface area contributed by atoms with Gasteiger partial charge in [-0.05, 0) is 32.9 Å². The van der Waals surface area contributed by atoms with Crippen LogP contribution in [-0.4, -0.2) is 70.8 Å². The van der Waals surface area contributed by atoms with Gasteiger partial charge in [-0.15, -0.1) is 0 Å². The predicted octanol–water partition coefficient (Wildman–Crippen LogP) is 5.59. The van der Waals surface area contributed by atoms with E-state index >= 15 is 0 Å². The Morgan fingerprint density at radius 2 is 1.90 bits per heavy atom. The molecule has 4 rings (SSSR count). The van der Waals surface area contributed by atoms with E-state index in [1.807, 2.05) is 30.5 Å². The average molecular weight is 548 g/mol. The second-order valence-electron chi connectivity index (χ2n) is 10.3. The average Bonchev–Trinajstić information content (AvgIpc) is 3.34. The lowest BCUT2D eigenvalue weighted by Crippen LogP contribution is -2.38. The van der Waals surface area contributed by atoms with Crippen LogP contribution in [0.15, 0.2) is 54.9 Å². The topological polar surface area (TPSA) is 139 Å². The van der Waals surface area contributed by atoms with Crippen molar-refractivity contribution in [2.45, 2.75) is 26.4 Å². The van der Waals surface area contributed by atoms with E-state index in [-0.39, 0.29) is 11.6 Å². The summed E-state index contributed by atoms with van der Waals surface area (Å²) in [4.78, 5) is 39.2. The van der Waals surface area contributed by atoms with Crippen molar-refractivity contribution in [3.8, 4) is 17.0 Å². The van der Waals surface area contributed by atoms with Crippen LogP contribution in [0.1, 0.15) is 20.8 Å². The summed E-state index contributed by atoms with van der Waals surface area (Å²) in [6, 6.07) is 12.7. The fraction of sp³-hybridized carbons (Fsp3) is 0.321. The molecule has 0 spiro atoms. The number of ether oxygens (including phenoxy) is 2. The molecule has 0 aliphatic heterocycles. The molecule has 2 N–H and O–H groups in total. The van der Waals surface area contributed by atoms with Crippen molar-refractivity contribution in [2.24, 2.45) is 0 Å². The Morgan fingerprint density at radius 1 is 1.15 bits per heavy atom. The zero-order valence-electron chi connectivity index (χ0n) is 23.4. The van der Waals surface area contributed by atoms with Crippen LogP contribution in [0, 0.1) is 10.1 Å². The Hall–Kier alpha value is -4.87. The number of aromatic amines is 1. The first kappa shape index (κ1) is 28.1. The Labute approximate surface area is 232 Å². The number of fused-ring (bicyclic) bond motifs is 1. The summed E-state index contributed by atoms with van der Waals surface area (Å²) in [6.45, 7) is 5.99. The number of nitrogens with one attached hydrogen (secondary N) is 2. The minimum absolute atomic E-state index is 0.140. The zero-order chi connectivity index (χ0) is 29.0. The van der Waals surface area contributed by atoms with E-state index < -0.39 is 16.6 Å². The summed E-state index contributed by atoms with van der Waals surface area (Å²) < 4.78 is 10.9. The van der Waals surface area contributed by atoms with Gasteiger partial charge in [0, 0.05) is 68.2 Å². The van der Waals surface area contributed by atoms with E-state index in [0.717, 1.165) is 16.5 Å². The molecule has 40 heavy (non-hydrogen) atoms. The number of amides is 1. The molecular weight excluding hydrogens is 514 g/mol. The van der Waals surface area contributed by atoms with Gasteiger partial charge in [-0.25, -0.2) is 14.8 Å². The van der Waals surface area contributed by atoms with Gasteiger partial charge >= 0.3 is 6.09 Å². The Kier molecular flexibility index (Phi) is 8.08. The first-order valence-electron chi connectivity index (χ1n) is 12.6. The summed E-state index contributed by atoms with van der Waals surface area (Å²) in [5.74, 6) is 0.629. The number of nitro benzene ring substituents is 1. The third-order valence-corrected chi connectivity index (χ3v) is 6.15. The number of methoxy groups -OCH3 is 1. The molecule has 0 bridgehead atoms. The van der Waals surface area contributed by atoms with E-state index in [1.165, 1.54) is 18.1 Å². The number of hydrogen-bond donors (Lipinski definition) is 2. The number of carbonyl (C=O) groups is 1. The molecule has 0 atom stereocenters. The van der Waals surface area contributed by atoms with Crippen molar-refractivity contribution in [3.63, 3.8) is 0 Å². The smallest absolute Gasteiger partial charge is 0.410 e. The van der Waals surface area contributed by atoms with Gasteiger partial charge in [-0.3, -0.25) is 10.1 Å². The van der Waals surface area contributed by atoms with E-state index in [4.69, 9.17) is 9.47 Å². The van der Waals surface area contributed by atoms with Crippen LogP contribution < -0.4 is 15.0 Å². The van der Waals surface area contributed by atoms with Crippen molar-refractivity contribution in [1.82, 2.24) is 19.9 Å². The molecular formula is C28H33N7O5. The van der Waals surface area contributed by atoms with E-state index in [1.54, 1.807) is 58.1 Å². The monoisotopic (exact) mass is 547 g/mol. The predicted molar refractivity (Wildman–Crippen MR) is 154 cm³/mol. The summed E-state index contributed by atoms with van der Waals surface area (Å²) in [7, 11) is 4.82. The van der Waals surface area contributed by atoms with Gasteiger partial charge < -0.3 is 29.6 Å². The summed E-state index contributed by atoms with van der Waals surface area (Å²) >= 11 is 0. The van der Waals surface area contributed by atoms with Crippen LogP contribution in [0.4, 0.5) is 27.8 Å². The molecule has 0 aliphatic carbocycles. The largest absolute Gasteiger partial charge is 0.494 e. The second-order valence-corrected chi connectivity index (χ2v) is 10.3. The maximum absolute atomic E-state index is 12.3. The van der Waals surface area contributed by atoms with Crippen LogP contribution >= 0.6 is 0 Å². The molecule has 4 aromatic rings. The zero-order valence-corrected chi connectivity index (χ0v) is 23.4. The minimum atomic E-state index is -0.620. The van der Waals surface area contributed by atoms with Crippen LogP contribution in [0.5, 0.6) is 5.75 Å². The highest BCUT2D eigenvalue weighted by atomic mass is 16.6. The SMILES string of the molecule is COc1cc(N(C)CCN(C)C(=O)OC(C)(C)C)c([N+](=O)[O-])cc1Nc1nccc(-c2c[nH]c3ccccc23)n1. The fourth-order valence-corrected chi connectivity index (χ4v) is 4.10. The molecule has 1 amide bonds. The van der Waals surface area contributed by atoms with E-state index in [0.29, 0.717) is 35.9 Å². The van der Waals surface area contributed by atoms with Gasteiger partial charge in [-0.2, -0.15) is 0 Å². The molecule has 0 aliphatic rings. The number of rotatable bonds is 9. The number of carbonyl (C=O) groups excluding carboxylic acids is 1. The Morgan fingerprint density at radius 3 is 2.60 bits per heavy atom. The molecule has 0 fully saturated rings. The lowest BCUT2D eigenvalue weighted by atomic mass is 10.1. The molecule has 0 saturated carbocycles. The molecule has 0 radical (unpaired) electrons. The summed E-state index contributed by atoms with van der Waals surface area (Å²) in [5.41, 5.74) is 2.50. The fourth-order valence-electron chi connectivity index (χ4n) is 4.10. The number of anilines is 3. The van der Waals surface area contributed by atoms with Gasteiger partial charge in [0.1, 0.15) is 17.0 Å². The van der Waals surface area contributed by atoms with Crippen molar-refractivity contribution in [2.75, 3.05) is 44.5 Å². The van der Waals surface area contributed by atoms with Gasteiger partial charge in [0.2, 0.25) is 5.95 Å². The van der Waals surface area contributed by atoms with Crippen molar-refractivity contribution >= 4 is 40.0 Å². The second kappa shape index (κ2) is 11.5. The van der Waals surface area contributed by atoms with Crippen LogP contribution in [0.25, 0.3) is 22.2 Å². The lowest BCUT2D eigenvalue weighted by molar-refractivity contribution is -0.384. The van der Waals surface area contributed by atoms with Gasteiger partial charge in [0.15, 0.2) is 0 Å². The quantitative estimate of drug-likeness (QED) is 0.203. The minimum Gasteiger partial charge on any atom is -0.494 e. The van der Waals surface area contributed by atoms with Gasteiger partial charge in [0.05, 0.1) is 23.4 Å². The molecule has 210 valence electrons. The first-order chi connectivity index (χ1) is 19.0. The number of H-pyrrole nitrogens is 1. The number of hydrogen-bond acceptors (Lipinski definition) is 9. The molecule has 12 heteroatoms. The van der Waals surface area contributed by atoms with Crippen molar-refractivity contribution < 1.29 is 19.2 Å². The molecule has 2 heterocycles. The lowest BCUT2D eigenvalue weighted by Gasteiger charge is -2.27. The van der Waals surface area contributed by atoms with Crippen LogP contribution in [0.2, 0.25) is 0 Å².